The molecule has 0 amide bonds. The molecule has 0 saturated heterocycles. The first-order valence-electron chi connectivity index (χ1n) is 3.53. The second-order valence-electron chi connectivity index (χ2n) is 2.75. The van der Waals surface area contributed by atoms with Crippen LogP contribution in [-0.2, 0) is 11.2 Å². The highest BCUT2D eigenvalue weighted by Gasteiger charge is 2.31. The fourth-order valence-corrected chi connectivity index (χ4v) is 1.17. The number of rotatable bonds is 3. The van der Waals surface area contributed by atoms with E-state index in [0.29, 0.717) is 17.2 Å². The monoisotopic (exact) mass is 252 g/mol. The Kier molecular flexibility index (Phi) is 2.85. The summed E-state index contributed by atoms with van der Waals surface area (Å²) in [4.78, 5) is 10.8. The molecule has 2 nitrogen and oxygen atoms in total. The number of carbonyl (C=O) groups is 1. The quantitative estimate of drug-likeness (QED) is 0.829. The molecule has 0 aromatic carbocycles. The van der Waals surface area contributed by atoms with Crippen molar-refractivity contribution in [3.8, 4) is 0 Å². The van der Waals surface area contributed by atoms with Crippen LogP contribution in [-0.4, -0.2) is 11.7 Å². The van der Waals surface area contributed by atoms with E-state index in [4.69, 9.17) is 4.42 Å². The second kappa shape index (κ2) is 3.57. The van der Waals surface area contributed by atoms with E-state index in [1.165, 1.54) is 12.3 Å². The molecular formula is C8H7BrF2O2. The molecule has 0 aliphatic heterocycles. The van der Waals surface area contributed by atoms with Crippen LogP contribution in [0.25, 0.3) is 0 Å². The number of alkyl halides is 2. The summed E-state index contributed by atoms with van der Waals surface area (Å²) in [5.41, 5.74) is 0.443. The molecule has 1 heterocycles. The number of hydrogen-bond acceptors (Lipinski definition) is 2. The molecule has 0 unspecified atom stereocenters. The summed E-state index contributed by atoms with van der Waals surface area (Å²) in [5, 5.41) is 0. The Morgan fingerprint density at radius 1 is 1.69 bits per heavy atom. The lowest BCUT2D eigenvalue weighted by atomic mass is 10.1. The van der Waals surface area contributed by atoms with Gasteiger partial charge in [-0.1, -0.05) is 0 Å². The standard InChI is InChI=1S/C8H7BrF2O2/c1-8(10,11)6(12)2-5-3-7(9)13-4-5/h3-4H,2H2,1H3. The first-order chi connectivity index (χ1) is 5.89. The zero-order valence-electron chi connectivity index (χ0n) is 6.81. The molecule has 0 aliphatic carbocycles. The van der Waals surface area contributed by atoms with Gasteiger partial charge in [0.2, 0.25) is 5.78 Å². The van der Waals surface area contributed by atoms with Crippen LogP contribution in [0.4, 0.5) is 8.78 Å². The Morgan fingerprint density at radius 2 is 2.31 bits per heavy atom. The molecule has 1 rings (SSSR count). The van der Waals surface area contributed by atoms with Gasteiger partial charge in [0.1, 0.15) is 0 Å². The third kappa shape index (κ3) is 2.91. The van der Waals surface area contributed by atoms with Crippen LogP contribution in [0.5, 0.6) is 0 Å². The van der Waals surface area contributed by atoms with Gasteiger partial charge in [-0.3, -0.25) is 4.79 Å². The molecule has 13 heavy (non-hydrogen) atoms. The average molecular weight is 253 g/mol. The fraction of sp³-hybridized carbons (Fsp3) is 0.375. The fourth-order valence-electron chi connectivity index (χ4n) is 0.779. The first kappa shape index (κ1) is 10.4. The van der Waals surface area contributed by atoms with E-state index in [2.05, 4.69) is 15.9 Å². The Hall–Kier alpha value is -0.710. The summed E-state index contributed by atoms with van der Waals surface area (Å²) in [6.07, 6.45) is 0.965. The zero-order chi connectivity index (χ0) is 10.1. The molecule has 0 aliphatic rings. The Labute approximate surface area is 82.0 Å². The van der Waals surface area contributed by atoms with Crippen molar-refractivity contribution in [3.63, 3.8) is 0 Å². The van der Waals surface area contributed by atoms with Crippen molar-refractivity contribution < 1.29 is 18.0 Å². The van der Waals surface area contributed by atoms with E-state index in [-0.39, 0.29) is 6.42 Å². The van der Waals surface area contributed by atoms with Crippen LogP contribution >= 0.6 is 15.9 Å². The molecule has 0 N–H and O–H groups in total. The largest absolute Gasteiger partial charge is 0.457 e. The minimum atomic E-state index is -3.27. The lowest BCUT2D eigenvalue weighted by Gasteiger charge is -2.06. The van der Waals surface area contributed by atoms with E-state index in [9.17, 15) is 13.6 Å². The zero-order valence-corrected chi connectivity index (χ0v) is 8.40. The lowest BCUT2D eigenvalue weighted by molar-refractivity contribution is -0.139. The topological polar surface area (TPSA) is 30.2 Å². The maximum atomic E-state index is 12.4. The van der Waals surface area contributed by atoms with Gasteiger partial charge in [-0.25, -0.2) is 0 Å². The molecule has 72 valence electrons. The van der Waals surface area contributed by atoms with E-state index in [1.54, 1.807) is 0 Å². The first-order valence-corrected chi connectivity index (χ1v) is 4.33. The van der Waals surface area contributed by atoms with Crippen LogP contribution in [0.15, 0.2) is 21.4 Å². The third-order valence-corrected chi connectivity index (χ3v) is 1.89. The molecule has 0 radical (unpaired) electrons. The predicted molar refractivity (Wildman–Crippen MR) is 45.7 cm³/mol. The summed E-state index contributed by atoms with van der Waals surface area (Å²) in [7, 11) is 0. The van der Waals surface area contributed by atoms with Crippen molar-refractivity contribution >= 4 is 21.7 Å². The molecule has 5 heteroatoms. The maximum absolute atomic E-state index is 12.4. The Bertz CT molecular complexity index is 314. The highest BCUT2D eigenvalue weighted by Crippen LogP contribution is 2.19. The number of furan rings is 1. The van der Waals surface area contributed by atoms with Crippen molar-refractivity contribution in [1.82, 2.24) is 0 Å². The molecule has 0 atom stereocenters. The molecule has 0 fully saturated rings. The number of carbonyl (C=O) groups excluding carboxylic acids is 1. The number of halogens is 3. The molecule has 0 bridgehead atoms. The van der Waals surface area contributed by atoms with Gasteiger partial charge in [-0.15, -0.1) is 0 Å². The number of ketones is 1. The number of hydrogen-bond donors (Lipinski definition) is 0. The maximum Gasteiger partial charge on any atom is 0.302 e. The van der Waals surface area contributed by atoms with Crippen LogP contribution in [0, 0.1) is 0 Å². The van der Waals surface area contributed by atoms with Gasteiger partial charge in [0.25, 0.3) is 0 Å². The van der Waals surface area contributed by atoms with E-state index in [0.717, 1.165) is 0 Å². The van der Waals surface area contributed by atoms with Gasteiger partial charge >= 0.3 is 5.92 Å². The van der Waals surface area contributed by atoms with Crippen molar-refractivity contribution in [2.24, 2.45) is 0 Å². The van der Waals surface area contributed by atoms with E-state index < -0.39 is 11.7 Å². The summed E-state index contributed by atoms with van der Waals surface area (Å²) >= 11 is 3.01. The molecule has 1 aromatic rings. The average Bonchev–Trinajstić information content (AvgIpc) is 2.33. The summed E-state index contributed by atoms with van der Waals surface area (Å²) < 4.78 is 30.1. The van der Waals surface area contributed by atoms with Crippen LogP contribution in [0.1, 0.15) is 12.5 Å². The minimum absolute atomic E-state index is 0.307. The van der Waals surface area contributed by atoms with E-state index in [1.807, 2.05) is 0 Å². The van der Waals surface area contributed by atoms with Crippen LogP contribution in [0.2, 0.25) is 0 Å². The van der Waals surface area contributed by atoms with Gasteiger partial charge in [-0.2, -0.15) is 8.78 Å². The highest BCUT2D eigenvalue weighted by atomic mass is 79.9. The smallest absolute Gasteiger partial charge is 0.302 e. The third-order valence-electron chi connectivity index (χ3n) is 1.48. The molecular weight excluding hydrogens is 246 g/mol. The predicted octanol–water partition coefficient (Wildman–Crippen LogP) is 2.81. The lowest BCUT2D eigenvalue weighted by Crippen LogP contribution is -2.25. The Balaban J connectivity index is 2.65. The molecule has 1 aromatic heterocycles. The normalized spacial score (nSPS) is 11.7. The van der Waals surface area contributed by atoms with E-state index >= 15 is 0 Å². The summed E-state index contributed by atoms with van der Waals surface area (Å²) in [6.45, 7) is 0.588. The Morgan fingerprint density at radius 3 is 2.69 bits per heavy atom. The van der Waals surface area contributed by atoms with Crippen LogP contribution in [0.3, 0.4) is 0 Å². The van der Waals surface area contributed by atoms with Crippen molar-refractivity contribution in [3.05, 3.63) is 22.6 Å². The molecule has 0 spiro atoms. The van der Waals surface area contributed by atoms with Crippen LogP contribution < -0.4 is 0 Å². The van der Waals surface area contributed by atoms with Crippen molar-refractivity contribution in [2.75, 3.05) is 0 Å². The van der Waals surface area contributed by atoms with Gasteiger partial charge in [0.05, 0.1) is 6.26 Å². The SMILES string of the molecule is CC(F)(F)C(=O)Cc1coc(Br)c1. The van der Waals surface area contributed by atoms with Gasteiger partial charge < -0.3 is 4.42 Å². The highest BCUT2D eigenvalue weighted by molar-refractivity contribution is 9.10. The second-order valence-corrected chi connectivity index (χ2v) is 3.53. The van der Waals surface area contributed by atoms with Gasteiger partial charge in [0.15, 0.2) is 4.67 Å². The van der Waals surface area contributed by atoms with Gasteiger partial charge in [0, 0.05) is 13.3 Å². The summed E-state index contributed by atoms with van der Waals surface area (Å²) in [6, 6.07) is 1.49. The minimum Gasteiger partial charge on any atom is -0.457 e. The summed E-state index contributed by atoms with van der Waals surface area (Å²) in [5.74, 6) is -4.38. The molecule has 0 saturated carbocycles. The number of Topliss-reactive ketones (excluding diaryl/α,β-unsaturated/α-hetero) is 1. The van der Waals surface area contributed by atoms with Gasteiger partial charge in [-0.05, 0) is 27.6 Å². The van der Waals surface area contributed by atoms with Crippen molar-refractivity contribution in [2.45, 2.75) is 19.3 Å². The van der Waals surface area contributed by atoms with Crippen molar-refractivity contribution in [1.29, 1.82) is 0 Å².